The summed E-state index contributed by atoms with van der Waals surface area (Å²) in [4.78, 5) is 17.9. The maximum Gasteiger partial charge on any atom is 0.335 e. The first-order valence-corrected chi connectivity index (χ1v) is 11.1. The predicted molar refractivity (Wildman–Crippen MR) is 123 cm³/mol. The van der Waals surface area contributed by atoms with Gasteiger partial charge in [0.1, 0.15) is 5.75 Å². The fourth-order valence-corrected chi connectivity index (χ4v) is 5.15. The SMILES string of the molecule is COc1ccc(-c2cc(CSc3ccccn3)c(-c3ccc(C(=O)O)cc3)s2)cc1. The zero-order valence-corrected chi connectivity index (χ0v) is 17.9. The van der Waals surface area contributed by atoms with E-state index in [1.54, 1.807) is 48.5 Å². The van der Waals surface area contributed by atoms with Crippen LogP contribution in [0.3, 0.4) is 0 Å². The molecule has 0 saturated carbocycles. The Hall–Kier alpha value is -3.09. The molecule has 4 nitrogen and oxygen atoms in total. The van der Waals surface area contributed by atoms with E-state index in [2.05, 4.69) is 23.2 Å². The lowest BCUT2D eigenvalue weighted by molar-refractivity contribution is 0.0697. The predicted octanol–water partition coefficient (Wildman–Crippen LogP) is 6.48. The highest BCUT2D eigenvalue weighted by Crippen LogP contribution is 2.41. The van der Waals surface area contributed by atoms with Crippen molar-refractivity contribution in [2.75, 3.05) is 7.11 Å². The summed E-state index contributed by atoms with van der Waals surface area (Å²) in [6, 6.07) is 23.2. The van der Waals surface area contributed by atoms with Crippen molar-refractivity contribution in [3.63, 3.8) is 0 Å². The Kier molecular flexibility index (Phi) is 6.16. The van der Waals surface area contributed by atoms with Gasteiger partial charge in [0.25, 0.3) is 0 Å². The number of methoxy groups -OCH3 is 1. The molecule has 0 fully saturated rings. The number of hydrogen-bond acceptors (Lipinski definition) is 5. The molecular formula is C24H19NO3S2. The highest BCUT2D eigenvalue weighted by molar-refractivity contribution is 7.98. The number of thioether (sulfide) groups is 1. The van der Waals surface area contributed by atoms with Gasteiger partial charge in [0.15, 0.2) is 0 Å². The van der Waals surface area contributed by atoms with Gasteiger partial charge in [-0.05, 0) is 71.3 Å². The highest BCUT2D eigenvalue weighted by atomic mass is 32.2. The molecule has 0 amide bonds. The minimum absolute atomic E-state index is 0.287. The highest BCUT2D eigenvalue weighted by Gasteiger charge is 2.14. The number of carbonyl (C=O) groups is 1. The fraction of sp³-hybridized carbons (Fsp3) is 0.0833. The van der Waals surface area contributed by atoms with Crippen LogP contribution in [-0.2, 0) is 5.75 Å². The Morgan fingerprint density at radius 1 is 1.03 bits per heavy atom. The van der Waals surface area contributed by atoms with Gasteiger partial charge < -0.3 is 9.84 Å². The molecular weight excluding hydrogens is 414 g/mol. The van der Waals surface area contributed by atoms with Crippen molar-refractivity contribution < 1.29 is 14.6 Å². The van der Waals surface area contributed by atoms with Crippen molar-refractivity contribution in [2.24, 2.45) is 0 Å². The van der Waals surface area contributed by atoms with Crippen molar-refractivity contribution in [3.05, 3.63) is 90.1 Å². The summed E-state index contributed by atoms with van der Waals surface area (Å²) in [5.41, 5.74) is 3.62. The average molecular weight is 434 g/mol. The van der Waals surface area contributed by atoms with E-state index in [-0.39, 0.29) is 5.56 Å². The number of carboxylic acids is 1. The molecule has 30 heavy (non-hydrogen) atoms. The van der Waals surface area contributed by atoms with Crippen molar-refractivity contribution >= 4 is 29.1 Å². The van der Waals surface area contributed by atoms with Crippen LogP contribution in [0.15, 0.2) is 84.0 Å². The molecule has 0 atom stereocenters. The summed E-state index contributed by atoms with van der Waals surface area (Å²) >= 11 is 3.39. The van der Waals surface area contributed by atoms with Crippen LogP contribution in [0.4, 0.5) is 0 Å². The summed E-state index contributed by atoms with van der Waals surface area (Å²) in [6.45, 7) is 0. The standard InChI is InChI=1S/C24H19NO3S2/c1-28-20-11-9-16(10-12-20)21-14-19(15-29-22-4-2-3-13-25-22)23(30-21)17-5-7-18(8-6-17)24(26)27/h2-14H,15H2,1H3,(H,26,27). The molecule has 6 heteroatoms. The Bertz CT molecular complexity index is 1140. The van der Waals surface area contributed by atoms with E-state index in [4.69, 9.17) is 4.74 Å². The quantitative estimate of drug-likeness (QED) is 0.338. The number of aromatic nitrogens is 1. The van der Waals surface area contributed by atoms with Gasteiger partial charge in [-0.2, -0.15) is 0 Å². The summed E-state index contributed by atoms with van der Waals surface area (Å²) in [6.07, 6.45) is 1.80. The molecule has 150 valence electrons. The molecule has 4 rings (SSSR count). The van der Waals surface area contributed by atoms with E-state index >= 15 is 0 Å². The molecule has 0 spiro atoms. The van der Waals surface area contributed by atoms with Gasteiger partial charge in [-0.1, -0.05) is 18.2 Å². The summed E-state index contributed by atoms with van der Waals surface area (Å²) in [7, 11) is 1.66. The van der Waals surface area contributed by atoms with Gasteiger partial charge in [-0.15, -0.1) is 23.1 Å². The Morgan fingerprint density at radius 3 is 2.40 bits per heavy atom. The van der Waals surface area contributed by atoms with Gasteiger partial charge >= 0.3 is 5.97 Å². The van der Waals surface area contributed by atoms with Crippen molar-refractivity contribution in [1.29, 1.82) is 0 Å². The van der Waals surface area contributed by atoms with Crippen LogP contribution in [0, 0.1) is 0 Å². The van der Waals surface area contributed by atoms with Gasteiger partial charge in [0.2, 0.25) is 0 Å². The second kappa shape index (κ2) is 9.15. The van der Waals surface area contributed by atoms with E-state index in [0.29, 0.717) is 0 Å². The Balaban J connectivity index is 1.69. The van der Waals surface area contributed by atoms with Crippen LogP contribution in [0.25, 0.3) is 20.9 Å². The number of ether oxygens (including phenoxy) is 1. The van der Waals surface area contributed by atoms with Crippen molar-refractivity contribution in [2.45, 2.75) is 10.8 Å². The van der Waals surface area contributed by atoms with Crippen molar-refractivity contribution in [1.82, 2.24) is 4.98 Å². The monoisotopic (exact) mass is 433 g/mol. The Morgan fingerprint density at radius 2 is 1.77 bits per heavy atom. The van der Waals surface area contributed by atoms with Gasteiger partial charge in [-0.25, -0.2) is 9.78 Å². The zero-order chi connectivity index (χ0) is 20.9. The minimum Gasteiger partial charge on any atom is -0.497 e. The smallest absolute Gasteiger partial charge is 0.335 e. The largest absolute Gasteiger partial charge is 0.497 e. The third-order valence-corrected chi connectivity index (χ3v) is 6.86. The number of benzene rings is 2. The molecule has 4 aromatic rings. The van der Waals surface area contributed by atoms with Crippen LogP contribution in [0.1, 0.15) is 15.9 Å². The number of hydrogen-bond donors (Lipinski definition) is 1. The summed E-state index contributed by atoms with van der Waals surface area (Å²) in [5.74, 6) is 0.683. The second-order valence-corrected chi connectivity index (χ2v) is 8.58. The first-order chi connectivity index (χ1) is 14.6. The lowest BCUT2D eigenvalue weighted by atomic mass is 10.1. The number of rotatable bonds is 7. The van der Waals surface area contributed by atoms with Crippen LogP contribution in [0.5, 0.6) is 5.75 Å². The second-order valence-electron chi connectivity index (χ2n) is 6.53. The van der Waals surface area contributed by atoms with Crippen LogP contribution >= 0.6 is 23.1 Å². The number of pyridine rings is 1. The first kappa shape index (κ1) is 20.2. The van der Waals surface area contributed by atoms with Crippen LogP contribution < -0.4 is 4.74 Å². The zero-order valence-electron chi connectivity index (χ0n) is 16.2. The normalized spacial score (nSPS) is 10.7. The number of carboxylic acid groups (broad SMARTS) is 1. The molecule has 0 saturated heterocycles. The number of nitrogens with zero attached hydrogens (tertiary/aromatic N) is 1. The molecule has 2 aromatic heterocycles. The third kappa shape index (κ3) is 4.56. The number of aromatic carboxylic acids is 1. The van der Waals surface area contributed by atoms with E-state index < -0.39 is 5.97 Å². The maximum atomic E-state index is 11.2. The van der Waals surface area contributed by atoms with Gasteiger partial charge in [-0.3, -0.25) is 0 Å². The van der Waals surface area contributed by atoms with E-state index in [1.807, 2.05) is 42.5 Å². The molecule has 0 radical (unpaired) electrons. The molecule has 2 aromatic carbocycles. The molecule has 0 aliphatic rings. The first-order valence-electron chi connectivity index (χ1n) is 9.29. The van der Waals surface area contributed by atoms with Crippen molar-refractivity contribution in [3.8, 4) is 26.6 Å². The average Bonchev–Trinajstić information content (AvgIpc) is 3.23. The van der Waals surface area contributed by atoms with Gasteiger partial charge in [0.05, 0.1) is 17.7 Å². The minimum atomic E-state index is -0.919. The van der Waals surface area contributed by atoms with E-state index in [9.17, 15) is 9.90 Å². The molecule has 2 heterocycles. The van der Waals surface area contributed by atoms with Crippen LogP contribution in [-0.4, -0.2) is 23.2 Å². The van der Waals surface area contributed by atoms with E-state index in [1.165, 1.54) is 5.56 Å². The fourth-order valence-electron chi connectivity index (χ4n) is 3.03. The van der Waals surface area contributed by atoms with E-state index in [0.717, 1.165) is 37.4 Å². The van der Waals surface area contributed by atoms with Gasteiger partial charge in [0, 0.05) is 21.7 Å². The lowest BCUT2D eigenvalue weighted by Crippen LogP contribution is -1.95. The van der Waals surface area contributed by atoms with Crippen LogP contribution in [0.2, 0.25) is 0 Å². The summed E-state index contributed by atoms with van der Waals surface area (Å²) in [5, 5.41) is 10.2. The Labute approximate surface area is 183 Å². The maximum absolute atomic E-state index is 11.2. The molecule has 1 N–H and O–H groups in total. The third-order valence-electron chi connectivity index (χ3n) is 4.59. The molecule has 0 aliphatic carbocycles. The molecule has 0 unspecified atom stereocenters. The topological polar surface area (TPSA) is 59.4 Å². The molecule has 0 bridgehead atoms. The lowest BCUT2D eigenvalue weighted by Gasteiger charge is -2.04. The summed E-state index contributed by atoms with van der Waals surface area (Å²) < 4.78 is 5.27. The molecule has 0 aliphatic heterocycles. The number of thiophene rings is 1.